The second-order valence-electron chi connectivity index (χ2n) is 5.12. The van der Waals surface area contributed by atoms with Crippen molar-refractivity contribution in [1.29, 1.82) is 0 Å². The van der Waals surface area contributed by atoms with E-state index in [1.54, 1.807) is 24.3 Å². The van der Waals surface area contributed by atoms with Crippen molar-refractivity contribution < 1.29 is 17.9 Å². The maximum absolute atomic E-state index is 12.8. The van der Waals surface area contributed by atoms with Gasteiger partial charge in [0.2, 0.25) is 10.0 Å². The van der Waals surface area contributed by atoms with Crippen LogP contribution in [0.15, 0.2) is 24.3 Å². The molecule has 0 radical (unpaired) electrons. The molecule has 5 nitrogen and oxygen atoms in total. The smallest absolute Gasteiger partial charge is 0.238 e. The SMILES string of the molecule is O=C1CCN(S(=O)(=O)C2CCOCC2)c2ccccc21. The molecule has 0 aromatic heterocycles. The third kappa shape index (κ3) is 2.23. The van der Waals surface area contributed by atoms with E-state index in [0.29, 0.717) is 37.3 Å². The van der Waals surface area contributed by atoms with Crippen molar-refractivity contribution in [2.24, 2.45) is 0 Å². The molecule has 0 N–H and O–H groups in total. The molecule has 1 aromatic carbocycles. The van der Waals surface area contributed by atoms with Crippen molar-refractivity contribution in [2.45, 2.75) is 24.5 Å². The third-order valence-corrected chi connectivity index (χ3v) is 6.22. The van der Waals surface area contributed by atoms with E-state index in [4.69, 9.17) is 4.74 Å². The Balaban J connectivity index is 1.98. The largest absolute Gasteiger partial charge is 0.381 e. The molecule has 1 fully saturated rings. The number of rotatable bonds is 2. The van der Waals surface area contributed by atoms with Crippen molar-refractivity contribution in [1.82, 2.24) is 0 Å². The molecule has 1 saturated heterocycles. The Kier molecular flexibility index (Phi) is 3.52. The molecule has 2 aliphatic rings. The summed E-state index contributed by atoms with van der Waals surface area (Å²) in [5.74, 6) is 0.0130. The molecule has 108 valence electrons. The van der Waals surface area contributed by atoms with Gasteiger partial charge < -0.3 is 4.74 Å². The van der Waals surface area contributed by atoms with E-state index in [9.17, 15) is 13.2 Å². The van der Waals surface area contributed by atoms with E-state index in [2.05, 4.69) is 0 Å². The van der Waals surface area contributed by atoms with Crippen molar-refractivity contribution >= 4 is 21.5 Å². The molecule has 6 heteroatoms. The predicted octanol–water partition coefficient (Wildman–Crippen LogP) is 1.59. The van der Waals surface area contributed by atoms with Crippen LogP contribution in [-0.2, 0) is 14.8 Å². The summed E-state index contributed by atoms with van der Waals surface area (Å²) in [5.41, 5.74) is 1.03. The highest BCUT2D eigenvalue weighted by atomic mass is 32.2. The quantitative estimate of drug-likeness (QED) is 0.831. The van der Waals surface area contributed by atoms with Gasteiger partial charge in [0, 0.05) is 31.7 Å². The zero-order chi connectivity index (χ0) is 14.2. The molecule has 0 spiro atoms. The number of fused-ring (bicyclic) bond motifs is 1. The number of carbonyl (C=O) groups is 1. The molecule has 1 aromatic rings. The van der Waals surface area contributed by atoms with Crippen LogP contribution in [0.5, 0.6) is 0 Å². The lowest BCUT2D eigenvalue weighted by Crippen LogP contribution is -2.44. The van der Waals surface area contributed by atoms with E-state index in [-0.39, 0.29) is 18.7 Å². The molecule has 2 heterocycles. The van der Waals surface area contributed by atoms with Crippen molar-refractivity contribution in [2.75, 3.05) is 24.1 Å². The summed E-state index contributed by atoms with van der Waals surface area (Å²) in [5, 5.41) is -0.405. The summed E-state index contributed by atoms with van der Waals surface area (Å²) in [6.07, 6.45) is 1.29. The van der Waals surface area contributed by atoms with Gasteiger partial charge in [-0.05, 0) is 25.0 Å². The average molecular weight is 295 g/mol. The molecule has 3 rings (SSSR count). The number of nitrogens with zero attached hydrogens (tertiary/aromatic N) is 1. The predicted molar refractivity (Wildman–Crippen MR) is 75.5 cm³/mol. The molecule has 0 amide bonds. The monoisotopic (exact) mass is 295 g/mol. The maximum atomic E-state index is 12.8. The molecule has 20 heavy (non-hydrogen) atoms. The van der Waals surface area contributed by atoms with Crippen LogP contribution in [0.3, 0.4) is 0 Å². The standard InChI is InChI=1S/C14H17NO4S/c16-14-5-8-15(13-4-2-1-3-12(13)14)20(17,18)11-6-9-19-10-7-11/h1-4,11H,5-10H2. The Labute approximate surface area is 118 Å². The van der Waals surface area contributed by atoms with Gasteiger partial charge in [-0.15, -0.1) is 0 Å². The van der Waals surface area contributed by atoms with Crippen LogP contribution >= 0.6 is 0 Å². The van der Waals surface area contributed by atoms with E-state index < -0.39 is 15.3 Å². The number of ether oxygens (including phenoxy) is 1. The highest BCUT2D eigenvalue weighted by Gasteiger charge is 2.37. The van der Waals surface area contributed by atoms with Gasteiger partial charge in [-0.3, -0.25) is 9.10 Å². The van der Waals surface area contributed by atoms with Crippen molar-refractivity contribution in [3.63, 3.8) is 0 Å². The number of ketones is 1. The first-order chi connectivity index (χ1) is 9.60. The Morgan fingerprint density at radius 3 is 2.60 bits per heavy atom. The van der Waals surface area contributed by atoms with Gasteiger partial charge in [0.1, 0.15) is 0 Å². The van der Waals surface area contributed by atoms with Crippen LogP contribution in [0.25, 0.3) is 0 Å². The first-order valence-electron chi connectivity index (χ1n) is 6.82. The summed E-state index contributed by atoms with van der Waals surface area (Å²) >= 11 is 0. The molecule has 0 aliphatic carbocycles. The molecule has 0 bridgehead atoms. The molecular weight excluding hydrogens is 278 g/mol. The Morgan fingerprint density at radius 1 is 1.15 bits per heavy atom. The lowest BCUT2D eigenvalue weighted by Gasteiger charge is -2.34. The van der Waals surface area contributed by atoms with Crippen molar-refractivity contribution in [3.05, 3.63) is 29.8 Å². The number of hydrogen-bond acceptors (Lipinski definition) is 4. The van der Waals surface area contributed by atoms with E-state index >= 15 is 0 Å². The van der Waals surface area contributed by atoms with Gasteiger partial charge >= 0.3 is 0 Å². The normalized spacial score (nSPS) is 20.8. The van der Waals surface area contributed by atoms with Crippen LogP contribution in [0, 0.1) is 0 Å². The van der Waals surface area contributed by atoms with E-state index in [1.165, 1.54) is 4.31 Å². The number of anilines is 1. The molecular formula is C14H17NO4S. The Morgan fingerprint density at radius 2 is 1.85 bits per heavy atom. The summed E-state index contributed by atoms with van der Waals surface area (Å²) in [4.78, 5) is 11.9. The average Bonchev–Trinajstić information content (AvgIpc) is 2.48. The van der Waals surface area contributed by atoms with Crippen LogP contribution < -0.4 is 4.31 Å². The number of Topliss-reactive ketones (excluding diaryl/α,β-unsaturated/α-hetero) is 1. The van der Waals surface area contributed by atoms with E-state index in [1.807, 2.05) is 0 Å². The van der Waals surface area contributed by atoms with Crippen LogP contribution in [-0.4, -0.2) is 39.2 Å². The van der Waals surface area contributed by atoms with Gasteiger partial charge in [0.25, 0.3) is 0 Å². The van der Waals surface area contributed by atoms with E-state index in [0.717, 1.165) is 0 Å². The fourth-order valence-corrected chi connectivity index (χ4v) is 4.73. The van der Waals surface area contributed by atoms with Crippen LogP contribution in [0.2, 0.25) is 0 Å². The maximum Gasteiger partial charge on any atom is 0.238 e. The van der Waals surface area contributed by atoms with Crippen molar-refractivity contribution in [3.8, 4) is 0 Å². The minimum Gasteiger partial charge on any atom is -0.381 e. The number of hydrogen-bond donors (Lipinski definition) is 0. The lowest BCUT2D eigenvalue weighted by atomic mass is 10.0. The van der Waals surface area contributed by atoms with Gasteiger partial charge in [0.15, 0.2) is 5.78 Å². The summed E-state index contributed by atoms with van der Waals surface area (Å²) in [7, 11) is -3.42. The minimum atomic E-state index is -3.42. The zero-order valence-electron chi connectivity index (χ0n) is 11.1. The summed E-state index contributed by atoms with van der Waals surface area (Å²) in [6, 6.07) is 6.94. The second-order valence-corrected chi connectivity index (χ2v) is 7.26. The van der Waals surface area contributed by atoms with Gasteiger partial charge in [-0.1, -0.05) is 12.1 Å². The highest BCUT2D eigenvalue weighted by Crippen LogP contribution is 2.32. The molecule has 2 aliphatic heterocycles. The molecule has 0 atom stereocenters. The second kappa shape index (κ2) is 5.18. The van der Waals surface area contributed by atoms with Crippen LogP contribution in [0.4, 0.5) is 5.69 Å². The number of carbonyl (C=O) groups excluding carboxylic acids is 1. The first kappa shape index (κ1) is 13.6. The fraction of sp³-hybridized carbons (Fsp3) is 0.500. The summed E-state index contributed by atoms with van der Waals surface area (Å²) in [6.45, 7) is 1.21. The van der Waals surface area contributed by atoms with Gasteiger partial charge in [0.05, 0.1) is 10.9 Å². The first-order valence-corrected chi connectivity index (χ1v) is 8.32. The van der Waals surface area contributed by atoms with Gasteiger partial charge in [-0.2, -0.15) is 0 Å². The number of benzene rings is 1. The summed E-state index contributed by atoms with van der Waals surface area (Å²) < 4.78 is 32.2. The number of para-hydroxylation sites is 1. The topological polar surface area (TPSA) is 63.7 Å². The van der Waals surface area contributed by atoms with Crippen LogP contribution in [0.1, 0.15) is 29.6 Å². The Bertz CT molecular complexity index is 620. The highest BCUT2D eigenvalue weighted by molar-refractivity contribution is 7.93. The van der Waals surface area contributed by atoms with Gasteiger partial charge in [-0.25, -0.2) is 8.42 Å². The Hall–Kier alpha value is -1.40. The lowest BCUT2D eigenvalue weighted by molar-refractivity contribution is 0.0972. The fourth-order valence-electron chi connectivity index (χ4n) is 2.80. The third-order valence-electron chi connectivity index (χ3n) is 3.91. The molecule has 0 unspecified atom stereocenters. The zero-order valence-corrected chi connectivity index (χ0v) is 11.9. The molecule has 0 saturated carbocycles. The number of sulfonamides is 1. The minimum absolute atomic E-state index is 0.0130.